The number of esters is 2. The first-order valence-electron chi connectivity index (χ1n) is 31.1. The Labute approximate surface area is 560 Å². The van der Waals surface area contributed by atoms with E-state index in [0.717, 1.165) is 66.7 Å². The van der Waals surface area contributed by atoms with Gasteiger partial charge in [-0.25, -0.2) is 0 Å². The molecule has 25 nitrogen and oxygen atoms in total. The second kappa shape index (κ2) is 31.6. The predicted molar refractivity (Wildman–Crippen MR) is 367 cm³/mol. The highest BCUT2D eigenvalue weighted by Crippen LogP contribution is 2.41. The van der Waals surface area contributed by atoms with Crippen molar-refractivity contribution < 1.29 is 71.4 Å². The van der Waals surface area contributed by atoms with Crippen LogP contribution in [-0.2, 0) is 80.0 Å². The summed E-state index contributed by atoms with van der Waals surface area (Å²) >= 11 is 0. The molecule has 5 heterocycles. The zero-order chi connectivity index (χ0) is 70.6. The standard InChI is InChI=1S/C30H36N4O6.C21H34BNO6.C19H21N3O5/c1-30(2,3)40-27(35)16-31-14-23-25(38-6)12-20(13-26(23)39-7)24-18-33(4)29(36)28-22(24)15-32-34(28)17-19-8-10-21(37-5)11-9-19;1-19(2,3)27-18(24)13-23-12-15-16(25-8)10-14(11-17(15)26-9)22-28-20(4,5)21(6,7)29-22;1-22-10-15(12-6-20-7-13(12)19(22)25)11-4-16(26-2)14(17(5-11)27-3)8-21-9-18(23)24/h8-13,15,18,31H,14,16-17H2,1-7H3;10-11,23H,12-13H2,1-9H3;4-6,10,21H,7-9H2,1-3H3,(H,23,24). The van der Waals surface area contributed by atoms with Gasteiger partial charge in [0, 0.05) is 96.7 Å². The van der Waals surface area contributed by atoms with Gasteiger partial charge in [-0.1, -0.05) is 12.1 Å². The lowest BCUT2D eigenvalue weighted by Crippen LogP contribution is -2.41. The van der Waals surface area contributed by atoms with Crippen molar-refractivity contribution in [2.24, 2.45) is 19.1 Å². The minimum atomic E-state index is -0.940. The van der Waals surface area contributed by atoms with Crippen LogP contribution in [0.15, 0.2) is 93.8 Å². The molecule has 516 valence electrons. The number of aryl methyl sites for hydroxylation is 2. The van der Waals surface area contributed by atoms with Crippen LogP contribution in [0, 0.1) is 0 Å². The number of aliphatic imine (C=N–C) groups is 1. The van der Waals surface area contributed by atoms with E-state index in [1.165, 1.54) is 0 Å². The molecule has 2 aliphatic heterocycles. The molecular formula is C70H91BN8O17. The average molecular weight is 1330 g/mol. The molecule has 0 atom stereocenters. The van der Waals surface area contributed by atoms with E-state index in [9.17, 15) is 24.0 Å². The number of carboxylic acid groups (broad SMARTS) is 1. The molecule has 4 aromatic carbocycles. The zero-order valence-corrected chi connectivity index (χ0v) is 58.5. The van der Waals surface area contributed by atoms with Crippen molar-refractivity contribution in [3.63, 3.8) is 0 Å². The first-order chi connectivity index (χ1) is 45.3. The van der Waals surface area contributed by atoms with Crippen LogP contribution in [0.1, 0.15) is 103 Å². The number of fused-ring (bicyclic) bond motifs is 2. The Morgan fingerprint density at radius 3 is 1.44 bits per heavy atom. The highest BCUT2D eigenvalue weighted by molar-refractivity contribution is 6.62. The molecule has 96 heavy (non-hydrogen) atoms. The fraction of sp³-hybridized carbons (Fsp3) is 0.443. The smallest absolute Gasteiger partial charge is 0.495 e. The Bertz CT molecular complexity index is 4000. The first-order valence-corrected chi connectivity index (χ1v) is 31.1. The van der Waals surface area contributed by atoms with Crippen LogP contribution in [0.2, 0.25) is 0 Å². The second-order valence-corrected chi connectivity index (χ2v) is 25.8. The van der Waals surface area contributed by atoms with E-state index in [1.807, 2.05) is 130 Å². The number of benzene rings is 4. The van der Waals surface area contributed by atoms with Crippen molar-refractivity contribution in [2.45, 2.75) is 124 Å². The van der Waals surface area contributed by atoms with Crippen molar-refractivity contribution in [2.75, 3.05) is 69.4 Å². The lowest BCUT2D eigenvalue weighted by atomic mass is 9.78. The van der Waals surface area contributed by atoms with Crippen molar-refractivity contribution in [1.82, 2.24) is 34.9 Å². The number of carboxylic acids is 1. The van der Waals surface area contributed by atoms with Gasteiger partial charge < -0.3 is 82.1 Å². The summed E-state index contributed by atoms with van der Waals surface area (Å²) in [6.07, 6.45) is 6.99. The van der Waals surface area contributed by atoms with Crippen LogP contribution in [0.4, 0.5) is 0 Å². The molecule has 1 fully saturated rings. The topological polar surface area (TPSA) is 283 Å². The molecule has 0 spiro atoms. The van der Waals surface area contributed by atoms with Gasteiger partial charge in [0.25, 0.3) is 11.1 Å². The Morgan fingerprint density at radius 1 is 0.594 bits per heavy atom. The van der Waals surface area contributed by atoms with Gasteiger partial charge in [-0.15, -0.1) is 0 Å². The van der Waals surface area contributed by atoms with E-state index in [4.69, 9.17) is 57.0 Å². The number of rotatable bonds is 24. The maximum absolute atomic E-state index is 13.2. The van der Waals surface area contributed by atoms with Crippen molar-refractivity contribution in [1.29, 1.82) is 0 Å². The molecular weight excluding hydrogens is 1240 g/mol. The Hall–Kier alpha value is -9.21. The SMILES string of the molecule is COc1cc(-c2cn(C)c(=O)c3c2C=NC3)cc(OC)c1CNCC(=O)O.COc1cc(B2OC(C)(C)C(C)(C)O2)cc(OC)c1CNCC(=O)OC(C)(C)C.COc1ccc(Cn2ncc3c(-c4cc(OC)c(CNCC(=O)OC(C)(C)C)c(OC)c4)cn(C)c(=O)c32)cc1. The number of aromatic nitrogens is 4. The van der Waals surface area contributed by atoms with Crippen LogP contribution < -0.4 is 65.7 Å². The number of hydrogen-bond donors (Lipinski definition) is 4. The summed E-state index contributed by atoms with van der Waals surface area (Å²) in [7, 11) is 14.0. The molecule has 0 aliphatic carbocycles. The van der Waals surface area contributed by atoms with Crippen LogP contribution in [0.3, 0.4) is 0 Å². The number of carbonyl (C=O) groups is 3. The number of methoxy groups -OCH3 is 7. The van der Waals surface area contributed by atoms with Gasteiger partial charge in [-0.05, 0) is 140 Å². The van der Waals surface area contributed by atoms with E-state index in [0.29, 0.717) is 71.8 Å². The Balaban J connectivity index is 0.000000209. The minimum absolute atomic E-state index is 0.0418. The summed E-state index contributed by atoms with van der Waals surface area (Å²) in [5, 5.41) is 23.1. The number of pyridine rings is 2. The van der Waals surface area contributed by atoms with Gasteiger partial charge >= 0.3 is 25.0 Å². The minimum Gasteiger partial charge on any atom is -0.497 e. The van der Waals surface area contributed by atoms with Crippen molar-refractivity contribution >= 4 is 47.6 Å². The lowest BCUT2D eigenvalue weighted by Gasteiger charge is -2.32. The number of nitrogens with one attached hydrogen (secondary N) is 3. The number of hydrogen-bond acceptors (Lipinski definition) is 21. The van der Waals surface area contributed by atoms with Crippen LogP contribution >= 0.6 is 0 Å². The normalized spacial score (nSPS) is 13.6. The summed E-state index contributed by atoms with van der Waals surface area (Å²) in [5.41, 5.74) is 7.20. The first kappa shape index (κ1) is 74.2. The summed E-state index contributed by atoms with van der Waals surface area (Å²) in [5.74, 6) is 2.72. The molecule has 0 amide bonds. The zero-order valence-electron chi connectivity index (χ0n) is 58.5. The quantitative estimate of drug-likeness (QED) is 0.0336. The summed E-state index contributed by atoms with van der Waals surface area (Å²) in [6, 6.07) is 18.9. The molecule has 0 bridgehead atoms. The number of aliphatic carboxylic acids is 1. The fourth-order valence-electron chi connectivity index (χ4n) is 10.7. The van der Waals surface area contributed by atoms with E-state index >= 15 is 0 Å². The molecule has 2 aliphatic rings. The van der Waals surface area contributed by atoms with E-state index in [1.54, 1.807) is 102 Å². The van der Waals surface area contributed by atoms with E-state index < -0.39 is 35.5 Å². The van der Waals surface area contributed by atoms with Gasteiger partial charge in [-0.2, -0.15) is 5.10 Å². The largest absolute Gasteiger partial charge is 0.497 e. The van der Waals surface area contributed by atoms with E-state index in [2.05, 4.69) is 26.0 Å². The summed E-state index contributed by atoms with van der Waals surface area (Å²) in [6.45, 7) is 20.8. The highest BCUT2D eigenvalue weighted by atomic mass is 16.7. The highest BCUT2D eigenvalue weighted by Gasteiger charge is 2.52. The molecule has 0 unspecified atom stereocenters. The molecule has 26 heteroatoms. The fourth-order valence-corrected chi connectivity index (χ4v) is 10.7. The van der Waals surface area contributed by atoms with Crippen molar-refractivity contribution in [3.8, 4) is 62.5 Å². The van der Waals surface area contributed by atoms with Crippen LogP contribution in [-0.4, -0.2) is 147 Å². The van der Waals surface area contributed by atoms with Gasteiger partial charge in [0.05, 0.1) is 99.9 Å². The third kappa shape index (κ3) is 18.2. The molecule has 0 radical (unpaired) electrons. The Morgan fingerprint density at radius 2 is 1.01 bits per heavy atom. The predicted octanol–water partition coefficient (Wildman–Crippen LogP) is 7.52. The Kier molecular flexibility index (Phi) is 24.4. The molecule has 4 N–H and O–H groups in total. The monoisotopic (exact) mass is 1330 g/mol. The molecule has 0 saturated carbocycles. The van der Waals surface area contributed by atoms with Crippen LogP contribution in [0.25, 0.3) is 33.2 Å². The van der Waals surface area contributed by atoms with Gasteiger partial charge in [0.15, 0.2) is 0 Å². The maximum Gasteiger partial charge on any atom is 0.495 e. The lowest BCUT2D eigenvalue weighted by molar-refractivity contribution is -0.154. The third-order valence-electron chi connectivity index (χ3n) is 16.0. The summed E-state index contributed by atoms with van der Waals surface area (Å²) in [4.78, 5) is 64.6. The summed E-state index contributed by atoms with van der Waals surface area (Å²) < 4.78 is 66.7. The maximum atomic E-state index is 13.2. The molecule has 9 rings (SSSR count). The third-order valence-corrected chi connectivity index (χ3v) is 16.0. The van der Waals surface area contributed by atoms with Crippen molar-refractivity contribution in [3.05, 3.63) is 133 Å². The van der Waals surface area contributed by atoms with Crippen LogP contribution in [0.5, 0.6) is 40.2 Å². The number of nitrogens with zero attached hydrogens (tertiary/aromatic N) is 5. The van der Waals surface area contributed by atoms with Gasteiger partial charge in [0.2, 0.25) is 0 Å². The van der Waals surface area contributed by atoms with Gasteiger partial charge in [-0.3, -0.25) is 33.6 Å². The van der Waals surface area contributed by atoms with Gasteiger partial charge in [0.1, 0.15) is 57.0 Å². The average Bonchev–Trinajstić information content (AvgIpc) is 1.49. The van der Waals surface area contributed by atoms with E-state index in [-0.39, 0.29) is 49.2 Å². The number of carbonyl (C=O) groups excluding carboxylic acids is 2. The number of ether oxygens (including phenoxy) is 9. The second-order valence-electron chi connectivity index (χ2n) is 25.8. The molecule has 1 saturated heterocycles. The molecule has 7 aromatic rings. The molecule has 3 aromatic heterocycles.